The standard InChI is InChI=1S/C9H15N.C2H6/c1-7-5-8(6-10-7)9(2,3)4;1-2/h6,10H,1,5H2,2-4H3;1-2H3. The van der Waals surface area contributed by atoms with Crippen LogP contribution in [0, 0.1) is 5.41 Å². The minimum atomic E-state index is 0.298. The largest absolute Gasteiger partial charge is 0.365 e. The number of rotatable bonds is 0. The van der Waals surface area contributed by atoms with Crippen molar-refractivity contribution in [1.82, 2.24) is 5.32 Å². The van der Waals surface area contributed by atoms with Gasteiger partial charge in [0.1, 0.15) is 0 Å². The summed E-state index contributed by atoms with van der Waals surface area (Å²) in [6.45, 7) is 14.5. The molecule has 0 aromatic heterocycles. The number of hydrogen-bond acceptors (Lipinski definition) is 1. The van der Waals surface area contributed by atoms with Crippen molar-refractivity contribution in [1.29, 1.82) is 0 Å². The molecule has 0 atom stereocenters. The molecule has 0 amide bonds. The fraction of sp³-hybridized carbons (Fsp3) is 0.636. The number of nitrogens with one attached hydrogen (secondary N) is 1. The lowest BCUT2D eigenvalue weighted by Crippen LogP contribution is -2.07. The zero-order valence-corrected chi connectivity index (χ0v) is 8.99. The fourth-order valence-electron chi connectivity index (χ4n) is 1.00. The van der Waals surface area contributed by atoms with Gasteiger partial charge >= 0.3 is 0 Å². The second kappa shape index (κ2) is 4.34. The Morgan fingerprint density at radius 1 is 1.33 bits per heavy atom. The Labute approximate surface area is 76.6 Å². The third kappa shape index (κ3) is 3.12. The van der Waals surface area contributed by atoms with Crippen LogP contribution in [0.3, 0.4) is 0 Å². The van der Waals surface area contributed by atoms with E-state index in [1.807, 2.05) is 13.8 Å². The van der Waals surface area contributed by atoms with Gasteiger partial charge in [-0.15, -0.1) is 0 Å². The fourth-order valence-corrected chi connectivity index (χ4v) is 1.00. The molecule has 0 saturated heterocycles. The maximum absolute atomic E-state index is 3.85. The van der Waals surface area contributed by atoms with E-state index in [0.29, 0.717) is 5.41 Å². The molecule has 1 aliphatic heterocycles. The van der Waals surface area contributed by atoms with E-state index in [9.17, 15) is 0 Å². The lowest BCUT2D eigenvalue weighted by molar-refractivity contribution is 0.496. The molecule has 1 heterocycles. The maximum atomic E-state index is 3.85. The van der Waals surface area contributed by atoms with Crippen LogP contribution < -0.4 is 5.32 Å². The van der Waals surface area contributed by atoms with Gasteiger partial charge in [0.2, 0.25) is 0 Å². The van der Waals surface area contributed by atoms with Gasteiger partial charge in [0.15, 0.2) is 0 Å². The first-order valence-electron chi connectivity index (χ1n) is 4.64. The van der Waals surface area contributed by atoms with E-state index in [1.165, 1.54) is 5.57 Å². The van der Waals surface area contributed by atoms with Gasteiger partial charge in [-0.25, -0.2) is 0 Å². The Bertz CT molecular complexity index is 182. The summed E-state index contributed by atoms with van der Waals surface area (Å²) in [5, 5.41) is 3.12. The molecule has 1 rings (SSSR count). The third-order valence-corrected chi connectivity index (χ3v) is 1.82. The van der Waals surface area contributed by atoms with Gasteiger partial charge < -0.3 is 5.32 Å². The number of hydrogen-bond donors (Lipinski definition) is 1. The van der Waals surface area contributed by atoms with E-state index < -0.39 is 0 Å². The predicted molar refractivity (Wildman–Crippen MR) is 55.8 cm³/mol. The summed E-state index contributed by atoms with van der Waals surface area (Å²) >= 11 is 0. The van der Waals surface area contributed by atoms with Crippen LogP contribution >= 0.6 is 0 Å². The molecule has 1 N–H and O–H groups in total. The first kappa shape index (κ1) is 11.3. The Hall–Kier alpha value is -0.720. The molecule has 70 valence electrons. The second-order valence-corrected chi connectivity index (χ2v) is 3.84. The molecule has 0 bridgehead atoms. The summed E-state index contributed by atoms with van der Waals surface area (Å²) in [5.74, 6) is 0. The first-order chi connectivity index (χ1) is 5.50. The monoisotopic (exact) mass is 167 g/mol. The minimum absolute atomic E-state index is 0.298. The van der Waals surface area contributed by atoms with Crippen molar-refractivity contribution in [2.24, 2.45) is 5.41 Å². The summed E-state index contributed by atoms with van der Waals surface area (Å²) in [5.41, 5.74) is 2.86. The highest BCUT2D eigenvalue weighted by Crippen LogP contribution is 2.31. The van der Waals surface area contributed by atoms with Gasteiger partial charge in [-0.05, 0) is 11.0 Å². The van der Waals surface area contributed by atoms with Crippen LogP contribution in [0.1, 0.15) is 41.0 Å². The predicted octanol–water partition coefficient (Wildman–Crippen LogP) is 3.45. The van der Waals surface area contributed by atoms with Gasteiger partial charge in [-0.1, -0.05) is 41.2 Å². The van der Waals surface area contributed by atoms with Crippen molar-refractivity contribution >= 4 is 0 Å². The SMILES string of the molecule is C=C1CC(C(C)(C)C)=CN1.CC. The van der Waals surface area contributed by atoms with Crippen LogP contribution in [0.15, 0.2) is 24.0 Å². The highest BCUT2D eigenvalue weighted by atomic mass is 14.9. The molecule has 0 aromatic rings. The van der Waals surface area contributed by atoms with Crippen molar-refractivity contribution in [3.63, 3.8) is 0 Å². The highest BCUT2D eigenvalue weighted by Gasteiger charge is 2.20. The van der Waals surface area contributed by atoms with Gasteiger partial charge in [-0.3, -0.25) is 0 Å². The average Bonchev–Trinajstić information content (AvgIpc) is 2.39. The molecule has 1 aliphatic rings. The van der Waals surface area contributed by atoms with Gasteiger partial charge in [0.05, 0.1) is 0 Å². The molecule has 0 fully saturated rings. The molecule has 0 aromatic carbocycles. The molecular formula is C11H21N. The van der Waals surface area contributed by atoms with Gasteiger partial charge in [-0.2, -0.15) is 0 Å². The van der Waals surface area contributed by atoms with Gasteiger partial charge in [0, 0.05) is 18.3 Å². The Morgan fingerprint density at radius 3 is 2.00 bits per heavy atom. The van der Waals surface area contributed by atoms with Crippen molar-refractivity contribution in [3.05, 3.63) is 24.0 Å². The second-order valence-electron chi connectivity index (χ2n) is 3.84. The van der Waals surface area contributed by atoms with E-state index in [-0.39, 0.29) is 0 Å². The lowest BCUT2D eigenvalue weighted by Gasteiger charge is -2.18. The lowest BCUT2D eigenvalue weighted by atomic mass is 9.86. The van der Waals surface area contributed by atoms with E-state index >= 15 is 0 Å². The Morgan fingerprint density at radius 2 is 1.83 bits per heavy atom. The van der Waals surface area contributed by atoms with Gasteiger partial charge in [0.25, 0.3) is 0 Å². The molecule has 1 heteroatoms. The van der Waals surface area contributed by atoms with Crippen LogP contribution in [0.25, 0.3) is 0 Å². The normalized spacial score (nSPS) is 16.1. The minimum Gasteiger partial charge on any atom is -0.365 e. The van der Waals surface area contributed by atoms with Crippen molar-refractivity contribution in [2.75, 3.05) is 0 Å². The first-order valence-corrected chi connectivity index (χ1v) is 4.64. The molecule has 0 aliphatic carbocycles. The van der Waals surface area contributed by atoms with Crippen molar-refractivity contribution in [2.45, 2.75) is 41.0 Å². The van der Waals surface area contributed by atoms with Crippen LogP contribution in [-0.4, -0.2) is 0 Å². The van der Waals surface area contributed by atoms with E-state index in [2.05, 4.69) is 38.9 Å². The van der Waals surface area contributed by atoms with E-state index in [1.54, 1.807) is 0 Å². The van der Waals surface area contributed by atoms with Crippen LogP contribution in [0.2, 0.25) is 0 Å². The summed E-state index contributed by atoms with van der Waals surface area (Å²) < 4.78 is 0. The molecule has 1 nitrogen and oxygen atoms in total. The quantitative estimate of drug-likeness (QED) is 0.582. The van der Waals surface area contributed by atoms with Crippen molar-refractivity contribution in [3.8, 4) is 0 Å². The summed E-state index contributed by atoms with van der Waals surface area (Å²) in [7, 11) is 0. The Balaban J connectivity index is 0.000000561. The molecule has 0 radical (unpaired) electrons. The van der Waals surface area contributed by atoms with Crippen LogP contribution in [0.4, 0.5) is 0 Å². The zero-order chi connectivity index (χ0) is 9.78. The Kier molecular flexibility index (Phi) is 4.08. The molecule has 0 saturated carbocycles. The third-order valence-electron chi connectivity index (χ3n) is 1.82. The summed E-state index contributed by atoms with van der Waals surface area (Å²) in [6.07, 6.45) is 3.09. The van der Waals surface area contributed by atoms with Crippen LogP contribution in [0.5, 0.6) is 0 Å². The maximum Gasteiger partial charge on any atom is 0.0115 e. The zero-order valence-electron chi connectivity index (χ0n) is 8.99. The number of allylic oxidation sites excluding steroid dienone is 1. The van der Waals surface area contributed by atoms with Crippen molar-refractivity contribution < 1.29 is 0 Å². The molecule has 0 unspecified atom stereocenters. The highest BCUT2D eigenvalue weighted by molar-refractivity contribution is 5.24. The molecular weight excluding hydrogens is 146 g/mol. The molecule has 12 heavy (non-hydrogen) atoms. The average molecular weight is 167 g/mol. The van der Waals surface area contributed by atoms with E-state index in [0.717, 1.165) is 12.1 Å². The summed E-state index contributed by atoms with van der Waals surface area (Å²) in [6, 6.07) is 0. The molecule has 0 spiro atoms. The summed E-state index contributed by atoms with van der Waals surface area (Å²) in [4.78, 5) is 0. The van der Waals surface area contributed by atoms with E-state index in [4.69, 9.17) is 0 Å². The topological polar surface area (TPSA) is 12.0 Å². The smallest absolute Gasteiger partial charge is 0.0115 e. The van der Waals surface area contributed by atoms with Crippen LogP contribution in [-0.2, 0) is 0 Å².